The van der Waals surface area contributed by atoms with Gasteiger partial charge in [-0.15, -0.1) is 0 Å². The van der Waals surface area contributed by atoms with Crippen LogP contribution in [0.5, 0.6) is 0 Å². The molecule has 8 nitrogen and oxygen atoms in total. The van der Waals surface area contributed by atoms with Crippen molar-refractivity contribution in [2.24, 2.45) is 5.73 Å². The number of ether oxygens (including phenoxy) is 2. The van der Waals surface area contributed by atoms with Crippen LogP contribution in [0.2, 0.25) is 0 Å². The summed E-state index contributed by atoms with van der Waals surface area (Å²) in [5.74, 6) is -0.790. The Morgan fingerprint density at radius 3 is 2.03 bits per heavy atom. The van der Waals surface area contributed by atoms with Crippen LogP contribution in [0.1, 0.15) is 43.7 Å². The highest BCUT2D eigenvalue weighted by molar-refractivity contribution is 5.84. The second-order valence-corrected chi connectivity index (χ2v) is 7.88. The molecule has 0 spiro atoms. The van der Waals surface area contributed by atoms with Gasteiger partial charge in [-0.1, -0.05) is 60.7 Å². The van der Waals surface area contributed by atoms with E-state index < -0.39 is 18.1 Å². The third-order valence-corrected chi connectivity index (χ3v) is 4.75. The zero-order valence-electron chi connectivity index (χ0n) is 19.0. The maximum atomic E-state index is 12.6. The Labute approximate surface area is 194 Å². The van der Waals surface area contributed by atoms with Crippen LogP contribution in [-0.4, -0.2) is 36.6 Å². The molecular weight excluding hydrogens is 422 g/mol. The molecule has 0 aliphatic carbocycles. The lowest BCUT2D eigenvalue weighted by Crippen LogP contribution is -2.43. The number of hydrogen-bond donors (Lipinski definition) is 3. The Bertz CT molecular complexity index is 859. The van der Waals surface area contributed by atoms with Crippen molar-refractivity contribution in [3.63, 3.8) is 0 Å². The van der Waals surface area contributed by atoms with Crippen LogP contribution in [0.25, 0.3) is 0 Å². The van der Waals surface area contributed by atoms with E-state index in [-0.39, 0.29) is 31.6 Å². The van der Waals surface area contributed by atoms with E-state index in [2.05, 4.69) is 10.6 Å². The number of carbonyl (C=O) groups excluding carboxylic acids is 3. The Hall–Kier alpha value is -3.39. The maximum absolute atomic E-state index is 12.6. The Morgan fingerprint density at radius 2 is 1.45 bits per heavy atom. The van der Waals surface area contributed by atoms with E-state index in [1.54, 1.807) is 6.92 Å². The predicted octanol–water partition coefficient (Wildman–Crippen LogP) is 3.05. The molecule has 8 heteroatoms. The molecule has 0 unspecified atom stereocenters. The van der Waals surface area contributed by atoms with Crippen LogP contribution >= 0.6 is 0 Å². The fourth-order valence-electron chi connectivity index (χ4n) is 3.06. The molecule has 0 saturated carbocycles. The van der Waals surface area contributed by atoms with Gasteiger partial charge in [-0.3, -0.25) is 4.79 Å². The fourth-order valence-corrected chi connectivity index (χ4v) is 3.06. The standard InChI is InChI=1S/C25H33N3O5/c1-19(26)16-23(29)28-22(24(30)32-17-20-10-4-2-5-11-20)14-8-9-15-27-25(31)33-18-21-12-6-3-7-13-21/h2-7,10-13,19,22H,8-9,14-18,26H2,1H3,(H,27,31)(H,28,29)/t19-,22-/m0/s1. The van der Waals surface area contributed by atoms with Crippen molar-refractivity contribution in [2.75, 3.05) is 6.54 Å². The average Bonchev–Trinajstić information content (AvgIpc) is 2.81. The number of esters is 1. The van der Waals surface area contributed by atoms with Gasteiger partial charge in [0, 0.05) is 19.0 Å². The number of amides is 2. The molecule has 2 aromatic carbocycles. The minimum absolute atomic E-state index is 0.122. The molecule has 0 heterocycles. The van der Waals surface area contributed by atoms with Crippen molar-refractivity contribution in [3.05, 3.63) is 71.8 Å². The third kappa shape index (κ3) is 11.2. The molecule has 0 bridgehead atoms. The molecule has 0 saturated heterocycles. The molecule has 33 heavy (non-hydrogen) atoms. The largest absolute Gasteiger partial charge is 0.459 e. The SMILES string of the molecule is C[C@H](N)CC(=O)N[C@@H](CCCCNC(=O)OCc1ccccc1)C(=O)OCc1ccccc1. The van der Waals surface area contributed by atoms with Gasteiger partial charge >= 0.3 is 12.1 Å². The van der Waals surface area contributed by atoms with E-state index in [4.69, 9.17) is 15.2 Å². The lowest BCUT2D eigenvalue weighted by molar-refractivity contribution is -0.149. The number of benzene rings is 2. The van der Waals surface area contributed by atoms with Gasteiger partial charge in [-0.25, -0.2) is 9.59 Å². The van der Waals surface area contributed by atoms with E-state index in [0.717, 1.165) is 11.1 Å². The van der Waals surface area contributed by atoms with Gasteiger partial charge in [0.25, 0.3) is 0 Å². The van der Waals surface area contributed by atoms with E-state index in [1.807, 2.05) is 60.7 Å². The molecule has 178 valence electrons. The van der Waals surface area contributed by atoms with Crippen molar-refractivity contribution in [2.45, 2.75) is 57.9 Å². The topological polar surface area (TPSA) is 120 Å². The van der Waals surface area contributed by atoms with Crippen LogP contribution in [0, 0.1) is 0 Å². The van der Waals surface area contributed by atoms with Crippen LogP contribution in [0.15, 0.2) is 60.7 Å². The second-order valence-electron chi connectivity index (χ2n) is 7.88. The molecule has 4 N–H and O–H groups in total. The summed E-state index contributed by atoms with van der Waals surface area (Å²) in [6, 6.07) is 17.7. The normalized spacial score (nSPS) is 12.3. The van der Waals surface area contributed by atoms with E-state index >= 15 is 0 Å². The van der Waals surface area contributed by atoms with Gasteiger partial charge in [-0.2, -0.15) is 0 Å². The summed E-state index contributed by atoms with van der Waals surface area (Å²) in [5.41, 5.74) is 7.46. The molecule has 0 aliphatic heterocycles. The van der Waals surface area contributed by atoms with Gasteiger partial charge in [0.1, 0.15) is 19.3 Å². The Morgan fingerprint density at radius 1 is 0.879 bits per heavy atom. The second kappa shape index (κ2) is 14.6. The molecule has 0 radical (unpaired) electrons. The molecule has 2 aromatic rings. The van der Waals surface area contributed by atoms with E-state index in [0.29, 0.717) is 25.8 Å². The molecule has 2 amide bonds. The summed E-state index contributed by atoms with van der Waals surface area (Å²) in [6.45, 7) is 2.46. The molecule has 2 atom stereocenters. The van der Waals surface area contributed by atoms with Crippen molar-refractivity contribution >= 4 is 18.0 Å². The Balaban J connectivity index is 1.73. The predicted molar refractivity (Wildman–Crippen MR) is 125 cm³/mol. The summed E-state index contributed by atoms with van der Waals surface area (Å²) in [7, 11) is 0. The minimum atomic E-state index is -0.773. The monoisotopic (exact) mass is 455 g/mol. The van der Waals surface area contributed by atoms with E-state index in [9.17, 15) is 14.4 Å². The molecule has 2 rings (SSSR count). The number of nitrogens with one attached hydrogen (secondary N) is 2. The number of alkyl carbamates (subject to hydrolysis) is 1. The van der Waals surface area contributed by atoms with Crippen LogP contribution in [-0.2, 0) is 32.3 Å². The van der Waals surface area contributed by atoms with Gasteiger partial charge in [-0.05, 0) is 37.3 Å². The number of rotatable bonds is 13. The van der Waals surface area contributed by atoms with Gasteiger partial charge in [0.05, 0.1) is 0 Å². The smallest absolute Gasteiger partial charge is 0.407 e. The molecular formula is C25H33N3O5. The van der Waals surface area contributed by atoms with Crippen LogP contribution < -0.4 is 16.4 Å². The molecule has 0 aliphatic rings. The highest BCUT2D eigenvalue weighted by atomic mass is 16.5. The van der Waals surface area contributed by atoms with Crippen molar-refractivity contribution in [1.82, 2.24) is 10.6 Å². The molecule has 0 fully saturated rings. The Kier molecular flexibility index (Phi) is 11.5. The number of hydrogen-bond acceptors (Lipinski definition) is 6. The average molecular weight is 456 g/mol. The molecule has 0 aromatic heterocycles. The van der Waals surface area contributed by atoms with Crippen LogP contribution in [0.3, 0.4) is 0 Å². The number of carbonyl (C=O) groups is 3. The summed E-state index contributed by atoms with van der Waals surface area (Å²) in [6.07, 6.45) is 1.23. The lowest BCUT2D eigenvalue weighted by atomic mass is 10.1. The summed E-state index contributed by atoms with van der Waals surface area (Å²) in [5, 5.41) is 5.41. The van der Waals surface area contributed by atoms with Gasteiger partial charge in [0.15, 0.2) is 0 Å². The van der Waals surface area contributed by atoms with Crippen molar-refractivity contribution in [3.8, 4) is 0 Å². The highest BCUT2D eigenvalue weighted by Crippen LogP contribution is 2.08. The van der Waals surface area contributed by atoms with Crippen LogP contribution in [0.4, 0.5) is 4.79 Å². The first-order valence-corrected chi connectivity index (χ1v) is 11.1. The van der Waals surface area contributed by atoms with E-state index in [1.165, 1.54) is 0 Å². The summed E-state index contributed by atoms with van der Waals surface area (Å²) >= 11 is 0. The first-order valence-electron chi connectivity index (χ1n) is 11.1. The zero-order valence-corrected chi connectivity index (χ0v) is 19.0. The van der Waals surface area contributed by atoms with Gasteiger partial charge < -0.3 is 25.8 Å². The lowest BCUT2D eigenvalue weighted by Gasteiger charge is -2.18. The zero-order chi connectivity index (χ0) is 23.9. The quantitative estimate of drug-likeness (QED) is 0.315. The maximum Gasteiger partial charge on any atom is 0.407 e. The van der Waals surface area contributed by atoms with Crippen molar-refractivity contribution in [1.29, 1.82) is 0 Å². The summed E-state index contributed by atoms with van der Waals surface area (Å²) in [4.78, 5) is 36.5. The first-order chi connectivity index (χ1) is 15.9. The number of unbranched alkanes of at least 4 members (excludes halogenated alkanes) is 1. The third-order valence-electron chi connectivity index (χ3n) is 4.75. The fraction of sp³-hybridized carbons (Fsp3) is 0.400. The van der Waals surface area contributed by atoms with Crippen molar-refractivity contribution < 1.29 is 23.9 Å². The highest BCUT2D eigenvalue weighted by Gasteiger charge is 2.22. The number of nitrogens with two attached hydrogens (primary N) is 1. The van der Waals surface area contributed by atoms with Gasteiger partial charge in [0.2, 0.25) is 5.91 Å². The summed E-state index contributed by atoms with van der Waals surface area (Å²) < 4.78 is 10.6. The first kappa shape index (κ1) is 25.9. The minimum Gasteiger partial charge on any atom is -0.459 e.